The molecule has 0 aromatic heterocycles. The van der Waals surface area contributed by atoms with E-state index in [-0.39, 0.29) is 0 Å². The van der Waals surface area contributed by atoms with Gasteiger partial charge in [-0.05, 0) is 29.3 Å². The van der Waals surface area contributed by atoms with Crippen LogP contribution in [0.5, 0.6) is 0 Å². The molecular formula is C14H13ClO2. The van der Waals surface area contributed by atoms with Crippen molar-refractivity contribution in [2.45, 2.75) is 12.3 Å². The molecule has 0 fully saturated rings. The van der Waals surface area contributed by atoms with Gasteiger partial charge in [-0.15, -0.1) is 11.6 Å². The van der Waals surface area contributed by atoms with Crippen LogP contribution < -0.4 is 0 Å². The average molecular weight is 249 g/mol. The minimum absolute atomic E-state index is 0.432. The maximum atomic E-state index is 11.3. The van der Waals surface area contributed by atoms with Crippen LogP contribution in [0.15, 0.2) is 36.4 Å². The van der Waals surface area contributed by atoms with E-state index in [2.05, 4.69) is 10.8 Å². The number of benzene rings is 2. The number of hydrogen-bond donors (Lipinski definition) is 0. The molecule has 88 valence electrons. The highest BCUT2D eigenvalue weighted by Crippen LogP contribution is 2.26. The van der Waals surface area contributed by atoms with Gasteiger partial charge in [-0.3, -0.25) is 4.79 Å². The van der Waals surface area contributed by atoms with E-state index in [9.17, 15) is 4.79 Å². The van der Waals surface area contributed by atoms with Gasteiger partial charge in [-0.2, -0.15) is 0 Å². The van der Waals surface area contributed by atoms with Gasteiger partial charge >= 0.3 is 5.97 Å². The minimum Gasteiger partial charge on any atom is -0.468 e. The van der Waals surface area contributed by atoms with Crippen LogP contribution in [-0.4, -0.2) is 13.1 Å². The Labute approximate surface area is 105 Å². The number of ether oxygens (including phenoxy) is 1. The van der Waals surface area contributed by atoms with Crippen LogP contribution >= 0.6 is 11.6 Å². The Hall–Kier alpha value is -1.54. The predicted molar refractivity (Wildman–Crippen MR) is 69.3 cm³/mol. The predicted octanol–water partition coefficient (Wildman–Crippen LogP) is 3.60. The van der Waals surface area contributed by atoms with E-state index in [1.807, 2.05) is 37.3 Å². The second kappa shape index (κ2) is 4.76. The molecule has 2 rings (SSSR count). The van der Waals surface area contributed by atoms with E-state index in [0.29, 0.717) is 0 Å². The zero-order chi connectivity index (χ0) is 12.4. The summed E-state index contributed by atoms with van der Waals surface area (Å²) in [6.45, 7) is 2.05. The lowest BCUT2D eigenvalue weighted by molar-refractivity contribution is -0.140. The van der Waals surface area contributed by atoms with Crippen molar-refractivity contribution < 1.29 is 9.53 Å². The van der Waals surface area contributed by atoms with Gasteiger partial charge < -0.3 is 4.74 Å². The molecule has 0 N–H and O–H groups in total. The van der Waals surface area contributed by atoms with Gasteiger partial charge in [0, 0.05) is 0 Å². The van der Waals surface area contributed by atoms with Gasteiger partial charge in [0.2, 0.25) is 0 Å². The topological polar surface area (TPSA) is 26.3 Å². The SMILES string of the molecule is COC(=O)C(Cl)c1ccc2cc(C)ccc2c1. The molecule has 0 bridgehead atoms. The lowest BCUT2D eigenvalue weighted by Gasteiger charge is -2.09. The Morgan fingerprint density at radius 2 is 1.82 bits per heavy atom. The summed E-state index contributed by atoms with van der Waals surface area (Å²) in [5.74, 6) is -0.432. The number of fused-ring (bicyclic) bond motifs is 1. The van der Waals surface area contributed by atoms with Crippen molar-refractivity contribution in [3.05, 3.63) is 47.5 Å². The minimum atomic E-state index is -0.745. The van der Waals surface area contributed by atoms with E-state index in [0.717, 1.165) is 16.3 Å². The Bertz CT molecular complexity index is 563. The van der Waals surface area contributed by atoms with Crippen LogP contribution in [-0.2, 0) is 9.53 Å². The summed E-state index contributed by atoms with van der Waals surface area (Å²) in [5.41, 5.74) is 1.97. The summed E-state index contributed by atoms with van der Waals surface area (Å²) in [4.78, 5) is 11.3. The molecule has 3 heteroatoms. The molecule has 0 heterocycles. The molecule has 0 amide bonds. The van der Waals surface area contributed by atoms with Crippen LogP contribution in [0.1, 0.15) is 16.5 Å². The summed E-state index contributed by atoms with van der Waals surface area (Å²) in [7, 11) is 1.34. The standard InChI is InChI=1S/C14H13ClO2/c1-9-3-4-11-8-12(6-5-10(11)7-9)13(15)14(16)17-2/h3-8,13H,1-2H3. The van der Waals surface area contributed by atoms with Crippen molar-refractivity contribution in [2.24, 2.45) is 0 Å². The summed E-state index contributed by atoms with van der Waals surface area (Å²) in [5, 5.41) is 1.47. The largest absolute Gasteiger partial charge is 0.468 e. The number of rotatable bonds is 2. The van der Waals surface area contributed by atoms with Gasteiger partial charge in [0.1, 0.15) is 0 Å². The number of halogens is 1. The highest BCUT2D eigenvalue weighted by molar-refractivity contribution is 6.30. The molecule has 1 unspecified atom stereocenters. The molecular weight excluding hydrogens is 236 g/mol. The first kappa shape index (κ1) is 11.9. The van der Waals surface area contributed by atoms with Crippen LogP contribution in [0, 0.1) is 6.92 Å². The number of esters is 1. The summed E-state index contributed by atoms with van der Waals surface area (Å²) < 4.78 is 4.63. The first-order chi connectivity index (χ1) is 8.11. The second-order valence-electron chi connectivity index (χ2n) is 4.00. The Morgan fingerprint density at radius 3 is 2.53 bits per heavy atom. The fourth-order valence-corrected chi connectivity index (χ4v) is 2.01. The molecule has 0 aliphatic carbocycles. The van der Waals surface area contributed by atoms with Gasteiger partial charge in [0.25, 0.3) is 0 Å². The summed E-state index contributed by atoms with van der Waals surface area (Å²) >= 11 is 6.01. The molecule has 2 aromatic rings. The number of alkyl halides is 1. The maximum Gasteiger partial charge on any atom is 0.328 e. The lowest BCUT2D eigenvalue weighted by Crippen LogP contribution is -2.08. The molecule has 1 atom stereocenters. The zero-order valence-corrected chi connectivity index (χ0v) is 10.5. The Balaban J connectivity index is 2.44. The molecule has 0 radical (unpaired) electrons. The van der Waals surface area contributed by atoms with Crippen molar-refractivity contribution in [1.82, 2.24) is 0 Å². The van der Waals surface area contributed by atoms with Gasteiger partial charge in [-0.1, -0.05) is 35.9 Å². The maximum absolute atomic E-state index is 11.3. The molecule has 2 nitrogen and oxygen atoms in total. The summed E-state index contributed by atoms with van der Waals surface area (Å²) in [6, 6.07) is 11.9. The highest BCUT2D eigenvalue weighted by atomic mass is 35.5. The smallest absolute Gasteiger partial charge is 0.328 e. The normalized spacial score (nSPS) is 12.4. The van der Waals surface area contributed by atoms with E-state index in [4.69, 9.17) is 11.6 Å². The van der Waals surface area contributed by atoms with Crippen molar-refractivity contribution in [3.8, 4) is 0 Å². The van der Waals surface area contributed by atoms with E-state index in [1.54, 1.807) is 0 Å². The Morgan fingerprint density at radius 1 is 1.18 bits per heavy atom. The zero-order valence-electron chi connectivity index (χ0n) is 9.74. The summed E-state index contributed by atoms with van der Waals surface area (Å²) in [6.07, 6.45) is 0. The third kappa shape index (κ3) is 2.42. The quantitative estimate of drug-likeness (QED) is 0.600. The monoisotopic (exact) mass is 248 g/mol. The van der Waals surface area contributed by atoms with Crippen LogP contribution in [0.3, 0.4) is 0 Å². The highest BCUT2D eigenvalue weighted by Gasteiger charge is 2.18. The molecule has 0 saturated heterocycles. The molecule has 2 aromatic carbocycles. The first-order valence-corrected chi connectivity index (χ1v) is 5.77. The fourth-order valence-electron chi connectivity index (χ4n) is 1.78. The van der Waals surface area contributed by atoms with Crippen LogP contribution in [0.25, 0.3) is 10.8 Å². The molecule has 0 spiro atoms. The Kier molecular flexibility index (Phi) is 3.34. The van der Waals surface area contributed by atoms with Crippen LogP contribution in [0.2, 0.25) is 0 Å². The molecule has 17 heavy (non-hydrogen) atoms. The first-order valence-electron chi connectivity index (χ1n) is 5.34. The van der Waals surface area contributed by atoms with Crippen molar-refractivity contribution in [1.29, 1.82) is 0 Å². The van der Waals surface area contributed by atoms with E-state index >= 15 is 0 Å². The number of carbonyl (C=O) groups excluding carboxylic acids is 1. The van der Waals surface area contributed by atoms with Gasteiger partial charge in [0.15, 0.2) is 5.38 Å². The molecule has 0 aliphatic rings. The lowest BCUT2D eigenvalue weighted by atomic mass is 10.0. The van der Waals surface area contributed by atoms with Crippen molar-refractivity contribution >= 4 is 28.3 Å². The number of methoxy groups -OCH3 is 1. The molecule has 0 saturated carbocycles. The fraction of sp³-hybridized carbons (Fsp3) is 0.214. The van der Waals surface area contributed by atoms with E-state index in [1.165, 1.54) is 12.7 Å². The number of carbonyl (C=O) groups is 1. The third-order valence-electron chi connectivity index (χ3n) is 2.72. The second-order valence-corrected chi connectivity index (χ2v) is 4.43. The van der Waals surface area contributed by atoms with Gasteiger partial charge in [0.05, 0.1) is 7.11 Å². The number of aryl methyl sites for hydroxylation is 1. The van der Waals surface area contributed by atoms with Crippen molar-refractivity contribution in [2.75, 3.05) is 7.11 Å². The molecule has 0 aliphatic heterocycles. The van der Waals surface area contributed by atoms with Gasteiger partial charge in [-0.25, -0.2) is 0 Å². The average Bonchev–Trinajstić information content (AvgIpc) is 2.36. The van der Waals surface area contributed by atoms with Crippen LogP contribution in [0.4, 0.5) is 0 Å². The van der Waals surface area contributed by atoms with E-state index < -0.39 is 11.3 Å². The van der Waals surface area contributed by atoms with Crippen molar-refractivity contribution in [3.63, 3.8) is 0 Å². The third-order valence-corrected chi connectivity index (χ3v) is 3.15. The number of hydrogen-bond acceptors (Lipinski definition) is 2.